The van der Waals surface area contributed by atoms with Gasteiger partial charge in [0.1, 0.15) is 24.4 Å². The third-order valence-corrected chi connectivity index (χ3v) is 5.94. The Kier molecular flexibility index (Phi) is 7.46. The average Bonchev–Trinajstić information content (AvgIpc) is 3.16. The summed E-state index contributed by atoms with van der Waals surface area (Å²) in [5.74, 6) is 6.45. The number of para-hydroxylation sites is 1. The molecule has 4 rings (SSSR count). The maximum Gasteiger partial charge on any atom is 0.186 e. The summed E-state index contributed by atoms with van der Waals surface area (Å²) in [5.41, 5.74) is 4.16. The van der Waals surface area contributed by atoms with Gasteiger partial charge in [-0.15, -0.1) is 0 Å². The zero-order valence-corrected chi connectivity index (χ0v) is 18.7. The molecule has 1 aliphatic heterocycles. The first-order chi connectivity index (χ1) is 16.0. The number of nitrogens with zero attached hydrogens (tertiary/aromatic N) is 1. The maximum atomic E-state index is 10.4. The van der Waals surface area contributed by atoms with Crippen LogP contribution < -0.4 is 0 Å². The zero-order valence-electron chi connectivity index (χ0n) is 18.7. The average molecular weight is 452 g/mol. The van der Waals surface area contributed by atoms with Gasteiger partial charge in [-0.05, 0) is 29.3 Å². The molecule has 0 unspecified atom stereocenters. The van der Waals surface area contributed by atoms with Crippen molar-refractivity contribution in [2.75, 3.05) is 13.7 Å². The second kappa shape index (κ2) is 10.5. The molecule has 0 amide bonds. The third-order valence-electron chi connectivity index (χ3n) is 5.94. The van der Waals surface area contributed by atoms with Crippen molar-refractivity contribution >= 4 is 10.9 Å². The molecule has 1 aliphatic rings. The summed E-state index contributed by atoms with van der Waals surface area (Å²) in [7, 11) is 3.43. The van der Waals surface area contributed by atoms with Crippen LogP contribution in [0.25, 0.3) is 10.9 Å². The van der Waals surface area contributed by atoms with Crippen LogP contribution in [0.5, 0.6) is 0 Å². The van der Waals surface area contributed by atoms with Gasteiger partial charge in [-0.3, -0.25) is 0 Å². The van der Waals surface area contributed by atoms with E-state index in [-0.39, 0.29) is 6.61 Å². The van der Waals surface area contributed by atoms with Crippen LogP contribution >= 0.6 is 0 Å². The number of hydrogen-bond donors (Lipinski definition) is 3. The second-order valence-corrected chi connectivity index (χ2v) is 8.18. The van der Waals surface area contributed by atoms with Crippen LogP contribution in [0.4, 0.5) is 0 Å². The number of methoxy groups -OCH3 is 1. The van der Waals surface area contributed by atoms with Gasteiger partial charge in [0, 0.05) is 43.2 Å². The lowest BCUT2D eigenvalue weighted by molar-refractivity contribution is -0.303. The smallest absolute Gasteiger partial charge is 0.186 e. The van der Waals surface area contributed by atoms with Gasteiger partial charge in [0.2, 0.25) is 0 Å². The van der Waals surface area contributed by atoms with Crippen molar-refractivity contribution in [1.29, 1.82) is 0 Å². The van der Waals surface area contributed by atoms with E-state index < -0.39 is 37.3 Å². The summed E-state index contributed by atoms with van der Waals surface area (Å²) in [6, 6.07) is 15.9. The molecule has 33 heavy (non-hydrogen) atoms. The van der Waals surface area contributed by atoms with Crippen LogP contribution in [-0.4, -0.2) is 64.3 Å². The zero-order chi connectivity index (χ0) is 23.4. The maximum absolute atomic E-state index is 10.4. The molecule has 3 aromatic rings. The predicted molar refractivity (Wildman–Crippen MR) is 123 cm³/mol. The Balaban J connectivity index is 1.37. The van der Waals surface area contributed by atoms with Crippen LogP contribution in [0.15, 0.2) is 54.7 Å². The van der Waals surface area contributed by atoms with E-state index in [1.807, 2.05) is 43.4 Å². The lowest BCUT2D eigenvalue weighted by Crippen LogP contribution is -2.59. The number of benzene rings is 2. The normalized spacial score (nSPS) is 25.1. The van der Waals surface area contributed by atoms with Gasteiger partial charge < -0.3 is 34.1 Å². The number of fused-ring (bicyclic) bond motifs is 1. The third kappa shape index (κ3) is 5.12. The fourth-order valence-corrected chi connectivity index (χ4v) is 4.13. The summed E-state index contributed by atoms with van der Waals surface area (Å²) in [5, 5.41) is 31.3. The van der Waals surface area contributed by atoms with Crippen molar-refractivity contribution < 1.29 is 29.5 Å². The first-order valence-electron chi connectivity index (χ1n) is 10.9. The van der Waals surface area contributed by atoms with Crippen molar-refractivity contribution in [3.8, 4) is 11.8 Å². The van der Waals surface area contributed by atoms with E-state index in [1.165, 1.54) is 23.6 Å². The largest absolute Gasteiger partial charge is 0.394 e. The topological polar surface area (TPSA) is 93.3 Å². The molecule has 0 aliphatic carbocycles. The van der Waals surface area contributed by atoms with Crippen molar-refractivity contribution in [2.24, 2.45) is 7.05 Å². The number of aryl methyl sites for hydroxylation is 1. The van der Waals surface area contributed by atoms with Crippen molar-refractivity contribution in [2.45, 2.75) is 43.7 Å². The molecule has 0 spiro atoms. The minimum atomic E-state index is -1.17. The van der Waals surface area contributed by atoms with Crippen molar-refractivity contribution in [3.63, 3.8) is 0 Å². The molecule has 5 atom stereocenters. The number of rotatable bonds is 6. The first kappa shape index (κ1) is 23.5. The lowest BCUT2D eigenvalue weighted by Gasteiger charge is -2.41. The lowest BCUT2D eigenvalue weighted by atomic mass is 9.99. The Morgan fingerprint density at radius 1 is 1.06 bits per heavy atom. The highest BCUT2D eigenvalue weighted by Gasteiger charge is 2.45. The molecular weight excluding hydrogens is 422 g/mol. The molecule has 0 radical (unpaired) electrons. The van der Waals surface area contributed by atoms with E-state index in [9.17, 15) is 15.3 Å². The van der Waals surface area contributed by atoms with E-state index in [0.717, 1.165) is 11.1 Å². The molecule has 174 valence electrons. The standard InChI is InChI=1S/C26H29NO6/c1-27-14-19(20-8-3-4-9-21(20)27)7-5-6-17-10-12-18(13-11-17)16-32-25-23(29)22(15-28)33-26(31-2)24(25)30/h3-4,8-14,22-26,28-30H,7,15-16H2,1-2H3/t22-,23+,24-,25+,26-/m1/s1. The summed E-state index contributed by atoms with van der Waals surface area (Å²) < 4.78 is 18.3. The van der Waals surface area contributed by atoms with Crippen LogP contribution in [0.2, 0.25) is 0 Å². The highest BCUT2D eigenvalue weighted by Crippen LogP contribution is 2.25. The molecular formula is C26H29NO6. The predicted octanol–water partition coefficient (Wildman–Crippen LogP) is 1.74. The van der Waals surface area contributed by atoms with Gasteiger partial charge in [0.25, 0.3) is 0 Å². The van der Waals surface area contributed by atoms with Crippen LogP contribution in [0.1, 0.15) is 16.7 Å². The Labute approximate surface area is 193 Å². The van der Waals surface area contributed by atoms with Crippen molar-refractivity contribution in [3.05, 3.63) is 71.4 Å². The Morgan fingerprint density at radius 2 is 1.82 bits per heavy atom. The van der Waals surface area contributed by atoms with E-state index in [4.69, 9.17) is 14.2 Å². The van der Waals surface area contributed by atoms with E-state index in [0.29, 0.717) is 6.42 Å². The van der Waals surface area contributed by atoms with Gasteiger partial charge in [-0.1, -0.05) is 42.2 Å². The summed E-state index contributed by atoms with van der Waals surface area (Å²) >= 11 is 0. The number of aliphatic hydroxyl groups excluding tert-OH is 3. The Hall–Kier alpha value is -2.70. The summed E-state index contributed by atoms with van der Waals surface area (Å²) in [6.45, 7) is -0.225. The SMILES string of the molecule is CO[C@@H]1O[C@H](CO)[C@H](O)[C@H](OCc2ccc(C#CCc3cn(C)c4ccccc34)cc2)[C@H]1O. The highest BCUT2D eigenvalue weighted by molar-refractivity contribution is 5.84. The molecule has 2 heterocycles. The quantitative estimate of drug-likeness (QED) is 0.495. The molecule has 7 nitrogen and oxygen atoms in total. The minimum Gasteiger partial charge on any atom is -0.394 e. The van der Waals surface area contributed by atoms with Gasteiger partial charge in [0.05, 0.1) is 13.2 Å². The Morgan fingerprint density at radius 3 is 2.55 bits per heavy atom. The Bertz CT molecular complexity index is 1110. The number of aliphatic hydroxyl groups is 3. The summed E-state index contributed by atoms with van der Waals surface area (Å²) in [6.07, 6.45) is -2.37. The number of hydrogen-bond acceptors (Lipinski definition) is 6. The van der Waals surface area contributed by atoms with Crippen molar-refractivity contribution in [1.82, 2.24) is 4.57 Å². The fourth-order valence-electron chi connectivity index (χ4n) is 4.13. The second-order valence-electron chi connectivity index (χ2n) is 8.18. The molecule has 1 fully saturated rings. The van der Waals surface area contributed by atoms with Gasteiger partial charge in [-0.2, -0.15) is 0 Å². The molecule has 2 aromatic carbocycles. The van der Waals surface area contributed by atoms with Gasteiger partial charge >= 0.3 is 0 Å². The minimum absolute atomic E-state index is 0.178. The molecule has 1 aromatic heterocycles. The van der Waals surface area contributed by atoms with Crippen LogP contribution in [0, 0.1) is 11.8 Å². The molecule has 7 heteroatoms. The summed E-state index contributed by atoms with van der Waals surface area (Å²) in [4.78, 5) is 0. The van der Waals surface area contributed by atoms with E-state index in [1.54, 1.807) is 0 Å². The highest BCUT2D eigenvalue weighted by atomic mass is 16.7. The fraction of sp³-hybridized carbons (Fsp3) is 0.385. The molecule has 1 saturated heterocycles. The van der Waals surface area contributed by atoms with Gasteiger partial charge in [-0.25, -0.2) is 0 Å². The van der Waals surface area contributed by atoms with Gasteiger partial charge in [0.15, 0.2) is 6.29 Å². The van der Waals surface area contributed by atoms with Crippen LogP contribution in [0.3, 0.4) is 0 Å². The molecule has 0 bridgehead atoms. The number of ether oxygens (including phenoxy) is 3. The van der Waals surface area contributed by atoms with E-state index in [2.05, 4.69) is 34.7 Å². The molecule has 0 saturated carbocycles. The monoisotopic (exact) mass is 451 g/mol. The van der Waals surface area contributed by atoms with Crippen LogP contribution in [-0.2, 0) is 34.3 Å². The van der Waals surface area contributed by atoms with E-state index >= 15 is 0 Å². The first-order valence-corrected chi connectivity index (χ1v) is 10.9. The number of aromatic nitrogens is 1. The molecule has 3 N–H and O–H groups in total.